The van der Waals surface area contributed by atoms with Crippen LogP contribution in [0.1, 0.15) is 22.7 Å². The fraction of sp³-hybridized carbons (Fsp3) is 0.231. The lowest BCUT2D eigenvalue weighted by atomic mass is 10.0. The van der Waals surface area contributed by atoms with Gasteiger partial charge in [-0.1, -0.05) is 12.1 Å². The highest BCUT2D eigenvalue weighted by molar-refractivity contribution is 5.26. The number of hydrogen-bond acceptors (Lipinski definition) is 2. The molecule has 16 heavy (non-hydrogen) atoms. The molecule has 0 fully saturated rings. The molecule has 0 amide bonds. The zero-order chi connectivity index (χ0) is 11.5. The molecule has 2 nitrogen and oxygen atoms in total. The van der Waals surface area contributed by atoms with E-state index in [1.165, 1.54) is 6.07 Å². The molecular formula is C13H14FNO. The first-order valence-electron chi connectivity index (χ1n) is 5.19. The highest BCUT2D eigenvalue weighted by Gasteiger charge is 2.09. The number of hydrogen-bond donors (Lipinski definition) is 1. The third-order valence-corrected chi connectivity index (χ3v) is 2.66. The quantitative estimate of drug-likeness (QED) is 0.861. The van der Waals surface area contributed by atoms with Crippen LogP contribution in [-0.4, -0.2) is 0 Å². The van der Waals surface area contributed by atoms with Crippen LogP contribution < -0.4 is 5.73 Å². The van der Waals surface area contributed by atoms with Crippen molar-refractivity contribution in [2.24, 2.45) is 5.73 Å². The smallest absolute Gasteiger partial charge is 0.126 e. The van der Waals surface area contributed by atoms with Crippen LogP contribution >= 0.6 is 0 Å². The third kappa shape index (κ3) is 2.31. The van der Waals surface area contributed by atoms with Crippen molar-refractivity contribution in [1.82, 2.24) is 0 Å². The average Bonchev–Trinajstić information content (AvgIpc) is 2.74. The van der Waals surface area contributed by atoms with E-state index in [1.807, 2.05) is 12.1 Å². The third-order valence-electron chi connectivity index (χ3n) is 2.66. The topological polar surface area (TPSA) is 39.2 Å². The minimum absolute atomic E-state index is 0.201. The summed E-state index contributed by atoms with van der Waals surface area (Å²) in [6, 6.07) is 6.78. The van der Waals surface area contributed by atoms with Crippen LogP contribution in [0.2, 0.25) is 0 Å². The maximum absolute atomic E-state index is 13.3. The predicted octanol–water partition coefficient (Wildman–Crippen LogP) is 2.97. The summed E-state index contributed by atoms with van der Waals surface area (Å²) in [5.74, 6) is -0.208. The first-order valence-corrected chi connectivity index (χ1v) is 5.19. The molecule has 0 saturated heterocycles. The molecule has 0 spiro atoms. The van der Waals surface area contributed by atoms with Gasteiger partial charge in [-0.05, 0) is 42.2 Å². The van der Waals surface area contributed by atoms with Crippen LogP contribution in [0.25, 0.3) is 0 Å². The summed E-state index contributed by atoms with van der Waals surface area (Å²) < 4.78 is 18.3. The molecule has 0 saturated carbocycles. The second-order valence-corrected chi connectivity index (χ2v) is 3.95. The van der Waals surface area contributed by atoms with Gasteiger partial charge < -0.3 is 10.2 Å². The number of nitrogens with two attached hydrogens (primary N) is 1. The van der Waals surface area contributed by atoms with Gasteiger partial charge in [0.25, 0.3) is 0 Å². The average molecular weight is 219 g/mol. The molecule has 2 N–H and O–H groups in total. The van der Waals surface area contributed by atoms with E-state index in [0.29, 0.717) is 12.0 Å². The maximum Gasteiger partial charge on any atom is 0.126 e. The monoisotopic (exact) mass is 219 g/mol. The van der Waals surface area contributed by atoms with Crippen LogP contribution in [-0.2, 0) is 6.42 Å². The van der Waals surface area contributed by atoms with Gasteiger partial charge in [-0.2, -0.15) is 0 Å². The Morgan fingerprint density at radius 2 is 2.19 bits per heavy atom. The summed E-state index contributed by atoms with van der Waals surface area (Å²) in [6.07, 6.45) is 3.92. The van der Waals surface area contributed by atoms with Gasteiger partial charge in [-0.25, -0.2) is 4.39 Å². The SMILES string of the molecule is Cc1ccc(C(N)Cc2ccoc2)cc1F. The van der Waals surface area contributed by atoms with Gasteiger partial charge in [-0.15, -0.1) is 0 Å². The molecular weight excluding hydrogens is 205 g/mol. The fourth-order valence-electron chi connectivity index (χ4n) is 1.62. The van der Waals surface area contributed by atoms with E-state index in [9.17, 15) is 4.39 Å². The van der Waals surface area contributed by atoms with E-state index in [-0.39, 0.29) is 11.9 Å². The Hall–Kier alpha value is -1.61. The molecule has 2 aromatic rings. The number of halogens is 1. The standard InChI is InChI=1S/C13H14FNO/c1-9-2-3-11(7-12(9)14)13(15)6-10-4-5-16-8-10/h2-5,7-8,13H,6,15H2,1H3. The van der Waals surface area contributed by atoms with Crippen molar-refractivity contribution >= 4 is 0 Å². The Morgan fingerprint density at radius 3 is 2.81 bits per heavy atom. The molecule has 1 aromatic heterocycles. The van der Waals surface area contributed by atoms with E-state index < -0.39 is 0 Å². The van der Waals surface area contributed by atoms with E-state index in [4.69, 9.17) is 10.2 Å². The molecule has 0 radical (unpaired) electrons. The van der Waals surface area contributed by atoms with Crippen LogP contribution in [0.15, 0.2) is 41.2 Å². The Labute approximate surface area is 93.9 Å². The highest BCUT2D eigenvalue weighted by atomic mass is 19.1. The fourth-order valence-corrected chi connectivity index (χ4v) is 1.62. The molecule has 84 valence electrons. The zero-order valence-corrected chi connectivity index (χ0v) is 9.11. The van der Waals surface area contributed by atoms with E-state index >= 15 is 0 Å². The zero-order valence-electron chi connectivity index (χ0n) is 9.11. The lowest BCUT2D eigenvalue weighted by Gasteiger charge is -2.11. The molecule has 0 aliphatic carbocycles. The summed E-state index contributed by atoms with van der Waals surface area (Å²) in [6.45, 7) is 1.74. The summed E-state index contributed by atoms with van der Waals surface area (Å²) in [4.78, 5) is 0. The molecule has 0 bridgehead atoms. The predicted molar refractivity (Wildman–Crippen MR) is 60.5 cm³/mol. The lowest BCUT2D eigenvalue weighted by molar-refractivity contribution is 0.561. The minimum Gasteiger partial charge on any atom is -0.472 e. The Morgan fingerprint density at radius 1 is 1.38 bits per heavy atom. The van der Waals surface area contributed by atoms with Crippen molar-refractivity contribution in [2.45, 2.75) is 19.4 Å². The molecule has 1 atom stereocenters. The number of rotatable bonds is 3. The van der Waals surface area contributed by atoms with Crippen molar-refractivity contribution in [3.8, 4) is 0 Å². The first kappa shape index (κ1) is 10.9. The minimum atomic E-state index is -0.208. The molecule has 1 heterocycles. The lowest BCUT2D eigenvalue weighted by Crippen LogP contribution is -2.13. The normalized spacial score (nSPS) is 12.7. The summed E-state index contributed by atoms with van der Waals surface area (Å²) >= 11 is 0. The van der Waals surface area contributed by atoms with Gasteiger partial charge in [0.2, 0.25) is 0 Å². The highest BCUT2D eigenvalue weighted by Crippen LogP contribution is 2.18. The molecule has 3 heteroatoms. The summed E-state index contributed by atoms with van der Waals surface area (Å²) in [5.41, 5.74) is 8.47. The van der Waals surface area contributed by atoms with Crippen molar-refractivity contribution in [1.29, 1.82) is 0 Å². The molecule has 1 unspecified atom stereocenters. The van der Waals surface area contributed by atoms with E-state index in [2.05, 4.69) is 0 Å². The van der Waals surface area contributed by atoms with Gasteiger partial charge >= 0.3 is 0 Å². The van der Waals surface area contributed by atoms with Gasteiger partial charge in [0.05, 0.1) is 12.5 Å². The van der Waals surface area contributed by atoms with Crippen LogP contribution in [0, 0.1) is 12.7 Å². The summed E-state index contributed by atoms with van der Waals surface area (Å²) in [5, 5.41) is 0. The van der Waals surface area contributed by atoms with Crippen LogP contribution in [0.3, 0.4) is 0 Å². The second kappa shape index (κ2) is 4.49. The molecule has 2 rings (SSSR count). The van der Waals surface area contributed by atoms with Crippen molar-refractivity contribution in [2.75, 3.05) is 0 Å². The summed E-state index contributed by atoms with van der Waals surface area (Å²) in [7, 11) is 0. The van der Waals surface area contributed by atoms with E-state index in [0.717, 1.165) is 11.1 Å². The van der Waals surface area contributed by atoms with Gasteiger partial charge in [0.15, 0.2) is 0 Å². The molecule has 1 aromatic carbocycles. The first-order chi connectivity index (χ1) is 7.66. The Balaban J connectivity index is 2.14. The van der Waals surface area contributed by atoms with Crippen LogP contribution in [0.5, 0.6) is 0 Å². The Bertz CT molecular complexity index is 465. The van der Waals surface area contributed by atoms with E-state index in [1.54, 1.807) is 25.5 Å². The van der Waals surface area contributed by atoms with Crippen molar-refractivity contribution < 1.29 is 8.81 Å². The number of aryl methyl sites for hydroxylation is 1. The van der Waals surface area contributed by atoms with Gasteiger partial charge in [0, 0.05) is 6.04 Å². The Kier molecular flexibility index (Phi) is 3.06. The second-order valence-electron chi connectivity index (χ2n) is 3.95. The van der Waals surface area contributed by atoms with Crippen molar-refractivity contribution in [3.05, 3.63) is 59.3 Å². The largest absolute Gasteiger partial charge is 0.472 e. The van der Waals surface area contributed by atoms with Gasteiger partial charge in [-0.3, -0.25) is 0 Å². The number of benzene rings is 1. The van der Waals surface area contributed by atoms with Gasteiger partial charge in [0.1, 0.15) is 5.82 Å². The van der Waals surface area contributed by atoms with Crippen LogP contribution in [0.4, 0.5) is 4.39 Å². The molecule has 0 aliphatic rings. The van der Waals surface area contributed by atoms with Crippen molar-refractivity contribution in [3.63, 3.8) is 0 Å². The number of furan rings is 1. The molecule has 0 aliphatic heterocycles. The maximum atomic E-state index is 13.3.